The fourth-order valence-corrected chi connectivity index (χ4v) is 3.08. The van der Waals surface area contributed by atoms with Crippen LogP contribution in [0.3, 0.4) is 0 Å². The molecule has 1 aromatic heterocycles. The molecule has 2 aromatic rings. The summed E-state index contributed by atoms with van der Waals surface area (Å²) in [4.78, 5) is 34.5. The molecule has 0 spiro atoms. The van der Waals surface area contributed by atoms with E-state index in [4.69, 9.17) is 0 Å². The van der Waals surface area contributed by atoms with Gasteiger partial charge in [-0.1, -0.05) is 6.58 Å². The normalized spacial score (nSPS) is 16.3. The highest BCUT2D eigenvalue weighted by atomic mass is 16.2. The molecule has 1 saturated heterocycles. The Bertz CT molecular complexity index is 800. The summed E-state index contributed by atoms with van der Waals surface area (Å²) in [7, 11) is 0. The molecule has 1 fully saturated rings. The molecule has 0 saturated carbocycles. The van der Waals surface area contributed by atoms with Gasteiger partial charge in [-0.2, -0.15) is 0 Å². The minimum absolute atomic E-state index is 0.0177. The second kappa shape index (κ2) is 7.91. The number of nitrogens with zero attached hydrogens (tertiary/aromatic N) is 3. The lowest BCUT2D eigenvalue weighted by molar-refractivity contribution is -0.111. The van der Waals surface area contributed by atoms with Gasteiger partial charge in [0.05, 0.1) is 11.4 Å². The fourth-order valence-electron chi connectivity index (χ4n) is 3.08. The molecule has 134 valence electrons. The molecule has 1 N–H and O–H groups in total. The van der Waals surface area contributed by atoms with Gasteiger partial charge in [0, 0.05) is 36.7 Å². The van der Waals surface area contributed by atoms with Crippen molar-refractivity contribution in [2.24, 2.45) is 5.92 Å². The van der Waals surface area contributed by atoms with Crippen molar-refractivity contribution in [1.82, 2.24) is 14.9 Å². The van der Waals surface area contributed by atoms with Crippen LogP contribution >= 0.6 is 0 Å². The molecule has 2 heterocycles. The highest BCUT2D eigenvalue weighted by Gasteiger charge is 2.27. The summed E-state index contributed by atoms with van der Waals surface area (Å²) in [5.74, 6) is 0.150. The van der Waals surface area contributed by atoms with Gasteiger partial charge in [0.2, 0.25) is 5.91 Å². The number of rotatable bonds is 5. The molecule has 1 aromatic carbocycles. The number of benzene rings is 1. The number of hydrogen-bond acceptors (Lipinski definition) is 4. The summed E-state index contributed by atoms with van der Waals surface area (Å²) in [6.45, 7) is 6.81. The van der Waals surface area contributed by atoms with Crippen LogP contribution in [0.1, 0.15) is 28.2 Å². The van der Waals surface area contributed by atoms with Crippen LogP contribution in [0.25, 0.3) is 0 Å². The SMILES string of the molecule is C=CC(=O)Nc1ccc(C(=O)N2CC[C@@H](Cc3cnc(C)cn3)C2)cc1. The van der Waals surface area contributed by atoms with Gasteiger partial charge in [0.1, 0.15) is 0 Å². The number of carbonyl (C=O) groups is 2. The minimum Gasteiger partial charge on any atom is -0.338 e. The highest BCUT2D eigenvalue weighted by Crippen LogP contribution is 2.22. The predicted molar refractivity (Wildman–Crippen MR) is 99.8 cm³/mol. The van der Waals surface area contributed by atoms with E-state index >= 15 is 0 Å². The van der Waals surface area contributed by atoms with Crippen LogP contribution in [0.15, 0.2) is 49.3 Å². The monoisotopic (exact) mass is 350 g/mol. The molecule has 1 aliphatic rings. The molecular formula is C20H22N4O2. The zero-order chi connectivity index (χ0) is 18.5. The maximum atomic E-state index is 12.7. The number of likely N-dealkylation sites (tertiary alicyclic amines) is 1. The summed E-state index contributed by atoms with van der Waals surface area (Å²) in [5, 5.41) is 2.67. The van der Waals surface area contributed by atoms with E-state index in [2.05, 4.69) is 21.9 Å². The maximum absolute atomic E-state index is 12.7. The second-order valence-electron chi connectivity index (χ2n) is 6.53. The zero-order valence-corrected chi connectivity index (χ0v) is 14.8. The third kappa shape index (κ3) is 4.33. The van der Waals surface area contributed by atoms with E-state index in [1.165, 1.54) is 6.08 Å². The van der Waals surface area contributed by atoms with Crippen molar-refractivity contribution in [3.05, 3.63) is 66.3 Å². The van der Waals surface area contributed by atoms with Crippen molar-refractivity contribution in [3.8, 4) is 0 Å². The first-order valence-corrected chi connectivity index (χ1v) is 8.65. The van der Waals surface area contributed by atoms with Crippen molar-refractivity contribution >= 4 is 17.5 Å². The lowest BCUT2D eigenvalue weighted by Crippen LogP contribution is -2.29. The van der Waals surface area contributed by atoms with Crippen molar-refractivity contribution in [1.29, 1.82) is 0 Å². The molecule has 0 radical (unpaired) electrons. The molecule has 1 aliphatic heterocycles. The molecule has 0 bridgehead atoms. The van der Waals surface area contributed by atoms with E-state index in [-0.39, 0.29) is 11.8 Å². The Balaban J connectivity index is 1.57. The van der Waals surface area contributed by atoms with Crippen LogP contribution in [0.4, 0.5) is 5.69 Å². The zero-order valence-electron chi connectivity index (χ0n) is 14.8. The van der Waals surface area contributed by atoms with Crippen LogP contribution in [0, 0.1) is 12.8 Å². The second-order valence-corrected chi connectivity index (χ2v) is 6.53. The lowest BCUT2D eigenvalue weighted by Gasteiger charge is -2.17. The first kappa shape index (κ1) is 17.8. The van der Waals surface area contributed by atoms with Crippen LogP contribution in [-0.2, 0) is 11.2 Å². The molecule has 1 atom stereocenters. The third-order valence-corrected chi connectivity index (χ3v) is 4.49. The van der Waals surface area contributed by atoms with Gasteiger partial charge >= 0.3 is 0 Å². The molecule has 3 rings (SSSR count). The number of carbonyl (C=O) groups excluding carboxylic acids is 2. The number of nitrogens with one attached hydrogen (secondary N) is 1. The quantitative estimate of drug-likeness (QED) is 0.841. The predicted octanol–water partition coefficient (Wildman–Crippen LogP) is 2.61. The van der Waals surface area contributed by atoms with E-state index < -0.39 is 0 Å². The average molecular weight is 350 g/mol. The summed E-state index contributed by atoms with van der Waals surface area (Å²) >= 11 is 0. The van der Waals surface area contributed by atoms with Crippen LogP contribution in [-0.4, -0.2) is 39.8 Å². The van der Waals surface area contributed by atoms with Crippen molar-refractivity contribution < 1.29 is 9.59 Å². The van der Waals surface area contributed by atoms with E-state index in [0.717, 1.165) is 37.3 Å². The smallest absolute Gasteiger partial charge is 0.253 e. The molecule has 6 nitrogen and oxygen atoms in total. The Morgan fingerprint density at radius 1 is 1.27 bits per heavy atom. The van der Waals surface area contributed by atoms with E-state index in [1.54, 1.807) is 30.5 Å². The largest absolute Gasteiger partial charge is 0.338 e. The van der Waals surface area contributed by atoms with Crippen LogP contribution in [0.5, 0.6) is 0 Å². The Morgan fingerprint density at radius 2 is 2.04 bits per heavy atom. The Hall–Kier alpha value is -3.02. The van der Waals surface area contributed by atoms with Gasteiger partial charge in [0.25, 0.3) is 5.91 Å². The van der Waals surface area contributed by atoms with Gasteiger partial charge in [-0.3, -0.25) is 19.6 Å². The molecule has 0 unspecified atom stereocenters. The molecule has 6 heteroatoms. The lowest BCUT2D eigenvalue weighted by atomic mass is 10.0. The third-order valence-electron chi connectivity index (χ3n) is 4.49. The van der Waals surface area contributed by atoms with Crippen molar-refractivity contribution in [2.75, 3.05) is 18.4 Å². The van der Waals surface area contributed by atoms with E-state index in [1.807, 2.05) is 18.0 Å². The first-order valence-electron chi connectivity index (χ1n) is 8.65. The average Bonchev–Trinajstić information content (AvgIpc) is 3.12. The number of anilines is 1. The first-order chi connectivity index (χ1) is 12.5. The summed E-state index contributed by atoms with van der Waals surface area (Å²) in [6, 6.07) is 6.92. The van der Waals surface area contributed by atoms with Crippen molar-refractivity contribution in [3.63, 3.8) is 0 Å². The number of aryl methyl sites for hydroxylation is 1. The number of amides is 2. The summed E-state index contributed by atoms with van der Waals surface area (Å²) < 4.78 is 0. The molecule has 26 heavy (non-hydrogen) atoms. The Kier molecular flexibility index (Phi) is 5.41. The van der Waals surface area contributed by atoms with E-state index in [0.29, 0.717) is 17.2 Å². The molecule has 0 aliphatic carbocycles. The van der Waals surface area contributed by atoms with Gasteiger partial charge in [-0.05, 0) is 56.0 Å². The minimum atomic E-state index is -0.273. The Labute approximate surface area is 153 Å². The standard InChI is InChI=1S/C20H22N4O2/c1-3-19(25)23-17-6-4-16(5-7-17)20(26)24-9-8-15(13-24)10-18-12-21-14(2)11-22-18/h3-7,11-12,15H,1,8-10,13H2,2H3,(H,23,25)/t15-/m0/s1. The van der Waals surface area contributed by atoms with Crippen LogP contribution in [0.2, 0.25) is 0 Å². The highest BCUT2D eigenvalue weighted by molar-refractivity contribution is 5.99. The van der Waals surface area contributed by atoms with Gasteiger partial charge < -0.3 is 10.2 Å². The topological polar surface area (TPSA) is 75.2 Å². The Morgan fingerprint density at radius 3 is 2.69 bits per heavy atom. The van der Waals surface area contributed by atoms with E-state index in [9.17, 15) is 9.59 Å². The van der Waals surface area contributed by atoms with Gasteiger partial charge in [0.15, 0.2) is 0 Å². The van der Waals surface area contributed by atoms with Crippen LogP contribution < -0.4 is 5.32 Å². The number of aromatic nitrogens is 2. The van der Waals surface area contributed by atoms with Gasteiger partial charge in [-0.15, -0.1) is 0 Å². The summed E-state index contributed by atoms with van der Waals surface area (Å²) in [6.07, 6.45) is 6.61. The van der Waals surface area contributed by atoms with Crippen molar-refractivity contribution in [2.45, 2.75) is 19.8 Å². The van der Waals surface area contributed by atoms with Gasteiger partial charge in [-0.25, -0.2) is 0 Å². The molecule has 2 amide bonds. The summed E-state index contributed by atoms with van der Waals surface area (Å²) in [5.41, 5.74) is 3.14. The fraction of sp³-hybridized carbons (Fsp3) is 0.300. The number of hydrogen-bond donors (Lipinski definition) is 1. The maximum Gasteiger partial charge on any atom is 0.253 e. The molecular weight excluding hydrogens is 328 g/mol.